The molecule has 4 nitrogen and oxygen atoms in total. The molecular formula is C29H30O4. The lowest BCUT2D eigenvalue weighted by Gasteiger charge is -2.36. The summed E-state index contributed by atoms with van der Waals surface area (Å²) >= 11 is 0. The van der Waals surface area contributed by atoms with Gasteiger partial charge in [0.15, 0.2) is 6.61 Å². The molecule has 3 atom stereocenters. The number of carbonyl (C=O) groups excluding carboxylic acids is 2. The number of rotatable bonds is 5. The first-order valence-corrected chi connectivity index (χ1v) is 12.0. The molecule has 1 saturated carbocycles. The summed E-state index contributed by atoms with van der Waals surface area (Å²) in [6, 6.07) is 18.3. The van der Waals surface area contributed by atoms with Crippen LogP contribution in [0.4, 0.5) is 4.79 Å². The second kappa shape index (κ2) is 8.66. The van der Waals surface area contributed by atoms with Gasteiger partial charge in [0.25, 0.3) is 0 Å². The number of hydrogen-bond acceptors (Lipinski definition) is 4. The standard InChI is InChI=1S/C29H30O4/c1-17(2)22-12-7-18(3)15-26(22)33-29(31)32-16-25(30)23-13-10-21-9-8-19-5-4-6-20-11-14-24(23)28(21)27(19)20/h4-6,8-11,13-14,17-18,22,26H,7,12,15-16H2,1-3H3/t18-,22+,26-/m1/s1. The molecule has 0 aliphatic heterocycles. The third-order valence-corrected chi connectivity index (χ3v) is 7.36. The molecule has 0 unspecified atom stereocenters. The van der Waals surface area contributed by atoms with Crippen LogP contribution in [0.5, 0.6) is 0 Å². The number of carbonyl (C=O) groups is 2. The number of hydrogen-bond donors (Lipinski definition) is 0. The first-order valence-electron chi connectivity index (χ1n) is 12.0. The quantitative estimate of drug-likeness (QED) is 0.184. The summed E-state index contributed by atoms with van der Waals surface area (Å²) in [5.41, 5.74) is 0.569. The van der Waals surface area contributed by atoms with Crippen molar-refractivity contribution in [3.63, 3.8) is 0 Å². The first-order chi connectivity index (χ1) is 15.9. The average Bonchev–Trinajstić information content (AvgIpc) is 2.80. The Hall–Kier alpha value is -3.14. The molecule has 0 spiro atoms. The average molecular weight is 443 g/mol. The number of benzene rings is 4. The van der Waals surface area contributed by atoms with E-state index < -0.39 is 6.16 Å². The SMILES string of the molecule is CC(C)[C@@H]1CC[C@@H](C)C[C@H]1OC(=O)OCC(=O)c1ccc2ccc3cccc4ccc1c2c34. The minimum absolute atomic E-state index is 0.147. The fourth-order valence-electron chi connectivity index (χ4n) is 5.59. The van der Waals surface area contributed by atoms with Crippen LogP contribution in [-0.2, 0) is 9.47 Å². The van der Waals surface area contributed by atoms with Crippen molar-refractivity contribution < 1.29 is 19.1 Å². The summed E-state index contributed by atoms with van der Waals surface area (Å²) in [5, 5.41) is 6.52. The third-order valence-electron chi connectivity index (χ3n) is 7.36. The molecule has 0 heterocycles. The van der Waals surface area contributed by atoms with Crippen LogP contribution >= 0.6 is 0 Å². The Bertz CT molecular complexity index is 1310. The summed E-state index contributed by atoms with van der Waals surface area (Å²) in [6.45, 7) is 6.20. The number of ketones is 1. The van der Waals surface area contributed by atoms with Gasteiger partial charge >= 0.3 is 6.16 Å². The van der Waals surface area contributed by atoms with Crippen LogP contribution in [0.1, 0.15) is 50.4 Å². The van der Waals surface area contributed by atoms with E-state index in [1.165, 1.54) is 0 Å². The van der Waals surface area contributed by atoms with E-state index in [9.17, 15) is 9.59 Å². The summed E-state index contributed by atoms with van der Waals surface area (Å²) in [6.07, 6.45) is 2.17. The Morgan fingerprint density at radius 2 is 1.58 bits per heavy atom. The van der Waals surface area contributed by atoms with Gasteiger partial charge in [0.05, 0.1) is 0 Å². The molecule has 4 heteroatoms. The van der Waals surface area contributed by atoms with Crippen LogP contribution < -0.4 is 0 Å². The topological polar surface area (TPSA) is 52.6 Å². The zero-order chi connectivity index (χ0) is 23.1. The highest BCUT2D eigenvalue weighted by Gasteiger charge is 2.34. The van der Waals surface area contributed by atoms with Crippen LogP contribution in [0.3, 0.4) is 0 Å². The van der Waals surface area contributed by atoms with Crippen molar-refractivity contribution in [2.24, 2.45) is 17.8 Å². The van der Waals surface area contributed by atoms with Gasteiger partial charge < -0.3 is 9.47 Å². The Morgan fingerprint density at radius 1 is 0.909 bits per heavy atom. The van der Waals surface area contributed by atoms with Crippen LogP contribution in [-0.4, -0.2) is 24.6 Å². The minimum atomic E-state index is -0.745. The van der Waals surface area contributed by atoms with Crippen molar-refractivity contribution in [1.82, 2.24) is 0 Å². The van der Waals surface area contributed by atoms with Gasteiger partial charge in [-0.15, -0.1) is 0 Å². The monoisotopic (exact) mass is 442 g/mol. The highest BCUT2D eigenvalue weighted by atomic mass is 16.7. The maximum Gasteiger partial charge on any atom is 0.509 e. The molecule has 1 aliphatic carbocycles. The molecule has 33 heavy (non-hydrogen) atoms. The van der Waals surface area contributed by atoms with Gasteiger partial charge in [-0.2, -0.15) is 0 Å². The second-order valence-corrected chi connectivity index (χ2v) is 9.91. The van der Waals surface area contributed by atoms with E-state index in [1.807, 2.05) is 30.3 Å². The van der Waals surface area contributed by atoms with Crippen molar-refractivity contribution in [2.45, 2.75) is 46.1 Å². The summed E-state index contributed by atoms with van der Waals surface area (Å²) < 4.78 is 11.0. The van der Waals surface area contributed by atoms with Crippen molar-refractivity contribution in [2.75, 3.05) is 6.61 Å². The Kier molecular flexibility index (Phi) is 5.69. The van der Waals surface area contributed by atoms with Gasteiger partial charge in [-0.1, -0.05) is 81.8 Å². The van der Waals surface area contributed by atoms with E-state index in [-0.39, 0.29) is 18.5 Å². The van der Waals surface area contributed by atoms with Gasteiger partial charge in [0, 0.05) is 5.56 Å². The predicted octanol–water partition coefficient (Wildman–Crippen LogP) is 7.38. The van der Waals surface area contributed by atoms with Crippen LogP contribution in [0.2, 0.25) is 0 Å². The molecule has 1 aliphatic rings. The summed E-state index contributed by atoms with van der Waals surface area (Å²) in [7, 11) is 0. The normalized spacial score (nSPS) is 21.2. The molecule has 0 aromatic heterocycles. The first kappa shape index (κ1) is 21.7. The summed E-state index contributed by atoms with van der Waals surface area (Å²) in [5.74, 6) is 1.08. The molecule has 0 amide bonds. The molecule has 4 aromatic carbocycles. The number of ether oxygens (including phenoxy) is 2. The molecule has 170 valence electrons. The van der Waals surface area contributed by atoms with Gasteiger partial charge in [-0.25, -0.2) is 4.79 Å². The molecular weight excluding hydrogens is 412 g/mol. The lowest BCUT2D eigenvalue weighted by Crippen LogP contribution is -2.36. The van der Waals surface area contributed by atoms with Crippen molar-refractivity contribution in [3.05, 3.63) is 60.2 Å². The highest BCUT2D eigenvalue weighted by Crippen LogP contribution is 2.37. The van der Waals surface area contributed by atoms with Crippen LogP contribution in [0.25, 0.3) is 32.3 Å². The summed E-state index contributed by atoms with van der Waals surface area (Å²) in [4.78, 5) is 25.5. The molecule has 0 bridgehead atoms. The fraction of sp³-hybridized carbons (Fsp3) is 0.379. The largest absolute Gasteiger partial charge is 0.509 e. The van der Waals surface area contributed by atoms with Gasteiger partial charge in [0.2, 0.25) is 5.78 Å². The third kappa shape index (κ3) is 4.03. The highest BCUT2D eigenvalue weighted by molar-refractivity contribution is 6.26. The molecule has 1 fully saturated rings. The molecule has 5 rings (SSSR count). The molecule has 0 N–H and O–H groups in total. The Morgan fingerprint density at radius 3 is 2.30 bits per heavy atom. The van der Waals surface area contributed by atoms with E-state index in [0.29, 0.717) is 23.3 Å². The van der Waals surface area contributed by atoms with Crippen molar-refractivity contribution >= 4 is 44.3 Å². The van der Waals surface area contributed by atoms with Crippen LogP contribution in [0, 0.1) is 17.8 Å². The smallest absolute Gasteiger partial charge is 0.431 e. The van der Waals surface area contributed by atoms with E-state index in [4.69, 9.17) is 9.47 Å². The second-order valence-electron chi connectivity index (χ2n) is 9.91. The van der Waals surface area contributed by atoms with E-state index in [2.05, 4.69) is 45.0 Å². The Balaban J connectivity index is 1.35. The van der Waals surface area contributed by atoms with Gasteiger partial charge in [-0.05, 0) is 62.9 Å². The number of Topliss-reactive ketones (excluding diaryl/α,β-unsaturated/α-hetero) is 1. The van der Waals surface area contributed by atoms with E-state index >= 15 is 0 Å². The van der Waals surface area contributed by atoms with E-state index in [0.717, 1.165) is 51.6 Å². The maximum atomic E-state index is 13.1. The fourth-order valence-corrected chi connectivity index (χ4v) is 5.59. The minimum Gasteiger partial charge on any atom is -0.431 e. The molecule has 4 aromatic rings. The predicted molar refractivity (Wildman–Crippen MR) is 132 cm³/mol. The zero-order valence-electron chi connectivity index (χ0n) is 19.5. The van der Waals surface area contributed by atoms with E-state index in [1.54, 1.807) is 0 Å². The van der Waals surface area contributed by atoms with Gasteiger partial charge in [0.1, 0.15) is 6.10 Å². The van der Waals surface area contributed by atoms with Gasteiger partial charge in [-0.3, -0.25) is 4.79 Å². The van der Waals surface area contributed by atoms with Crippen LogP contribution in [0.15, 0.2) is 54.6 Å². The van der Waals surface area contributed by atoms with Crippen molar-refractivity contribution in [1.29, 1.82) is 0 Å². The molecule has 0 saturated heterocycles. The Labute approximate surface area is 194 Å². The maximum absolute atomic E-state index is 13.1. The van der Waals surface area contributed by atoms with Crippen molar-refractivity contribution in [3.8, 4) is 0 Å². The lowest BCUT2D eigenvalue weighted by atomic mass is 9.75. The zero-order valence-corrected chi connectivity index (χ0v) is 19.5. The lowest BCUT2D eigenvalue weighted by molar-refractivity contribution is -0.0300. The molecule has 0 radical (unpaired) electrons.